The van der Waals surface area contributed by atoms with Crippen molar-refractivity contribution in [1.29, 1.82) is 0 Å². The van der Waals surface area contributed by atoms with Gasteiger partial charge in [0.25, 0.3) is 5.91 Å². The van der Waals surface area contributed by atoms with Crippen molar-refractivity contribution in [3.63, 3.8) is 0 Å². The molecule has 0 fully saturated rings. The molecule has 31 heavy (non-hydrogen) atoms. The van der Waals surface area contributed by atoms with E-state index in [1.165, 1.54) is 19.1 Å². The van der Waals surface area contributed by atoms with Gasteiger partial charge >= 0.3 is 0 Å². The first-order valence-electron chi connectivity index (χ1n) is 9.60. The predicted molar refractivity (Wildman–Crippen MR) is 115 cm³/mol. The molecule has 2 atom stereocenters. The summed E-state index contributed by atoms with van der Waals surface area (Å²) in [5.41, 5.74) is 0.202. The van der Waals surface area contributed by atoms with Gasteiger partial charge in [-0.25, -0.2) is 17.2 Å². The molecule has 2 N–H and O–H groups in total. The van der Waals surface area contributed by atoms with Crippen molar-refractivity contribution >= 4 is 33.2 Å². The van der Waals surface area contributed by atoms with E-state index in [1.807, 2.05) is 13.8 Å². The molecule has 2 rings (SSSR count). The van der Waals surface area contributed by atoms with E-state index in [9.17, 15) is 26.8 Å². The molecule has 2 aromatic rings. The number of hydrogen-bond donors (Lipinski definition) is 2. The molecule has 168 valence electrons. The zero-order valence-corrected chi connectivity index (χ0v) is 18.5. The van der Waals surface area contributed by atoms with Crippen LogP contribution in [0.3, 0.4) is 0 Å². The maximum Gasteiger partial charge on any atom is 0.253 e. The molecule has 0 bridgehead atoms. The summed E-state index contributed by atoms with van der Waals surface area (Å²) in [5, 5.41) is 5.36. The second-order valence-electron chi connectivity index (χ2n) is 7.15. The Morgan fingerprint density at radius 2 is 1.71 bits per heavy atom. The van der Waals surface area contributed by atoms with Crippen molar-refractivity contribution < 1.29 is 26.8 Å². The number of carbonyl (C=O) groups excluding carboxylic acids is 2. The summed E-state index contributed by atoms with van der Waals surface area (Å²) in [6.45, 7) is 5.06. The standard InChI is InChI=1S/C21H25F2N3O4S/c1-5-13(2)24-21(28)16-8-6-7-9-19(16)25-20(27)14(3)26(31(4,29)30)15-10-11-17(22)18(23)12-15/h6-14H,5H2,1-4H3,(H,24,28)(H,25,27)/t13-,14-/m0/s1. The normalized spacial score (nSPS) is 13.2. The molecule has 0 aliphatic carbocycles. The van der Waals surface area contributed by atoms with E-state index < -0.39 is 39.5 Å². The predicted octanol–water partition coefficient (Wildman–Crippen LogP) is 3.29. The van der Waals surface area contributed by atoms with E-state index in [4.69, 9.17) is 0 Å². The lowest BCUT2D eigenvalue weighted by Crippen LogP contribution is -2.45. The van der Waals surface area contributed by atoms with E-state index in [0.717, 1.165) is 24.8 Å². The number of nitrogens with one attached hydrogen (secondary N) is 2. The van der Waals surface area contributed by atoms with Gasteiger partial charge in [0.1, 0.15) is 6.04 Å². The average molecular weight is 454 g/mol. The molecule has 7 nitrogen and oxygen atoms in total. The summed E-state index contributed by atoms with van der Waals surface area (Å²) < 4.78 is 52.3. The molecular formula is C21H25F2N3O4S. The van der Waals surface area contributed by atoms with Crippen molar-refractivity contribution in [1.82, 2.24) is 5.32 Å². The third-order valence-corrected chi connectivity index (χ3v) is 5.91. The summed E-state index contributed by atoms with van der Waals surface area (Å²) in [5.74, 6) is -3.53. The zero-order chi connectivity index (χ0) is 23.3. The van der Waals surface area contributed by atoms with Crippen LogP contribution in [0.5, 0.6) is 0 Å². The highest BCUT2D eigenvalue weighted by molar-refractivity contribution is 7.92. The molecular weight excluding hydrogens is 428 g/mol. The zero-order valence-electron chi connectivity index (χ0n) is 17.6. The maximum absolute atomic E-state index is 13.7. The fourth-order valence-electron chi connectivity index (χ4n) is 2.86. The summed E-state index contributed by atoms with van der Waals surface area (Å²) in [6.07, 6.45) is 1.57. The quantitative estimate of drug-likeness (QED) is 0.641. The van der Waals surface area contributed by atoms with Gasteiger partial charge in [-0.3, -0.25) is 13.9 Å². The lowest BCUT2D eigenvalue weighted by molar-refractivity contribution is -0.116. The number of benzene rings is 2. The van der Waals surface area contributed by atoms with Crippen LogP contribution in [0.1, 0.15) is 37.6 Å². The third kappa shape index (κ3) is 6.00. The topological polar surface area (TPSA) is 95.6 Å². The van der Waals surface area contributed by atoms with Crippen molar-refractivity contribution in [2.45, 2.75) is 39.3 Å². The van der Waals surface area contributed by atoms with E-state index in [0.29, 0.717) is 10.4 Å². The Labute approximate surface area is 180 Å². The van der Waals surface area contributed by atoms with Gasteiger partial charge in [-0.05, 0) is 44.5 Å². The molecule has 0 aliphatic heterocycles. The van der Waals surface area contributed by atoms with Crippen LogP contribution in [0.15, 0.2) is 42.5 Å². The van der Waals surface area contributed by atoms with Gasteiger partial charge < -0.3 is 10.6 Å². The lowest BCUT2D eigenvalue weighted by atomic mass is 10.1. The Hall–Kier alpha value is -3.01. The van der Waals surface area contributed by atoms with Gasteiger partial charge in [0.2, 0.25) is 15.9 Å². The molecule has 0 heterocycles. The van der Waals surface area contributed by atoms with E-state index in [1.54, 1.807) is 12.1 Å². The number of nitrogens with zero attached hydrogens (tertiary/aromatic N) is 1. The third-order valence-electron chi connectivity index (χ3n) is 4.67. The number of rotatable bonds is 8. The smallest absolute Gasteiger partial charge is 0.253 e. The number of halogens is 2. The average Bonchev–Trinajstić information content (AvgIpc) is 2.69. The number of anilines is 2. The number of hydrogen-bond acceptors (Lipinski definition) is 4. The molecule has 0 saturated carbocycles. The van der Waals surface area contributed by atoms with Crippen molar-refractivity contribution in [3.05, 3.63) is 59.7 Å². The minimum atomic E-state index is -4.03. The first-order valence-corrected chi connectivity index (χ1v) is 11.5. The van der Waals surface area contributed by atoms with Crippen molar-refractivity contribution in [2.24, 2.45) is 0 Å². The maximum atomic E-state index is 13.7. The molecule has 0 spiro atoms. The monoisotopic (exact) mass is 453 g/mol. The molecule has 0 radical (unpaired) electrons. The molecule has 0 aromatic heterocycles. The Morgan fingerprint density at radius 3 is 2.29 bits per heavy atom. The number of para-hydroxylation sites is 1. The highest BCUT2D eigenvalue weighted by Gasteiger charge is 2.30. The Morgan fingerprint density at radius 1 is 1.06 bits per heavy atom. The highest BCUT2D eigenvalue weighted by atomic mass is 32.2. The van der Waals surface area contributed by atoms with Gasteiger partial charge in [-0.15, -0.1) is 0 Å². The fourth-order valence-corrected chi connectivity index (χ4v) is 4.03. The fraction of sp³-hybridized carbons (Fsp3) is 0.333. The van der Waals surface area contributed by atoms with Gasteiger partial charge in [-0.2, -0.15) is 0 Å². The van der Waals surface area contributed by atoms with Crippen LogP contribution in [0.2, 0.25) is 0 Å². The first kappa shape index (κ1) is 24.3. The number of carbonyl (C=O) groups is 2. The summed E-state index contributed by atoms with van der Waals surface area (Å²) >= 11 is 0. The van der Waals surface area contributed by atoms with Crippen LogP contribution in [0.4, 0.5) is 20.2 Å². The summed E-state index contributed by atoms with van der Waals surface area (Å²) in [7, 11) is -4.03. The van der Waals surface area contributed by atoms with Gasteiger partial charge in [0.05, 0.1) is 23.2 Å². The SMILES string of the molecule is CC[C@H](C)NC(=O)c1ccccc1NC(=O)[C@H](C)N(c1ccc(F)c(F)c1)S(C)(=O)=O. The van der Waals surface area contributed by atoms with Crippen molar-refractivity contribution in [3.8, 4) is 0 Å². The molecule has 0 unspecified atom stereocenters. The molecule has 0 aliphatic rings. The summed E-state index contributed by atoms with van der Waals surface area (Å²) in [4.78, 5) is 25.4. The second-order valence-corrected chi connectivity index (χ2v) is 9.01. The molecule has 0 saturated heterocycles. The van der Waals surface area contributed by atoms with E-state index in [-0.39, 0.29) is 23.0 Å². The molecule has 2 amide bonds. The summed E-state index contributed by atoms with van der Waals surface area (Å²) in [6, 6.07) is 7.44. The van der Waals surface area contributed by atoms with Crippen LogP contribution in [-0.4, -0.2) is 38.6 Å². The largest absolute Gasteiger partial charge is 0.350 e. The van der Waals surface area contributed by atoms with Crippen LogP contribution >= 0.6 is 0 Å². The van der Waals surface area contributed by atoms with Crippen LogP contribution in [0, 0.1) is 11.6 Å². The van der Waals surface area contributed by atoms with Gasteiger partial charge in [-0.1, -0.05) is 19.1 Å². The Balaban J connectivity index is 2.33. The van der Waals surface area contributed by atoms with Crippen LogP contribution in [0.25, 0.3) is 0 Å². The number of sulfonamides is 1. The molecule has 10 heteroatoms. The number of amides is 2. The Bertz CT molecular complexity index is 1080. The van der Waals surface area contributed by atoms with Gasteiger partial charge in [0.15, 0.2) is 11.6 Å². The Kier molecular flexibility index (Phi) is 7.72. The van der Waals surface area contributed by atoms with E-state index >= 15 is 0 Å². The minimum absolute atomic E-state index is 0.0794. The first-order chi connectivity index (χ1) is 14.5. The van der Waals surface area contributed by atoms with Crippen LogP contribution < -0.4 is 14.9 Å². The van der Waals surface area contributed by atoms with Crippen molar-refractivity contribution in [2.75, 3.05) is 15.9 Å². The lowest BCUT2D eigenvalue weighted by Gasteiger charge is -2.28. The second kappa shape index (κ2) is 9.86. The highest BCUT2D eigenvalue weighted by Crippen LogP contribution is 2.24. The van der Waals surface area contributed by atoms with Crippen LogP contribution in [-0.2, 0) is 14.8 Å². The minimum Gasteiger partial charge on any atom is -0.350 e. The van der Waals surface area contributed by atoms with Gasteiger partial charge in [0, 0.05) is 12.1 Å². The molecule has 2 aromatic carbocycles. The van der Waals surface area contributed by atoms with E-state index in [2.05, 4.69) is 10.6 Å².